The Morgan fingerprint density at radius 3 is 2.45 bits per heavy atom. The highest BCUT2D eigenvalue weighted by Crippen LogP contribution is 2.39. The number of morpholine rings is 1. The van der Waals surface area contributed by atoms with Gasteiger partial charge in [-0.25, -0.2) is 0 Å². The minimum atomic E-state index is -4.07. The maximum atomic E-state index is 12.6. The van der Waals surface area contributed by atoms with E-state index in [0.717, 1.165) is 6.54 Å². The molecule has 8 heteroatoms. The Bertz CT molecular complexity index is 341. The van der Waals surface area contributed by atoms with Gasteiger partial charge in [-0.3, -0.25) is 4.79 Å². The number of ether oxygens (including phenoxy) is 1. The van der Waals surface area contributed by atoms with Crippen LogP contribution in [-0.2, 0) is 9.53 Å². The van der Waals surface area contributed by atoms with Gasteiger partial charge in [-0.1, -0.05) is 0 Å². The Kier molecular flexibility index (Phi) is 7.93. The number of hydrogen-bond acceptors (Lipinski definition) is 3. The molecule has 1 saturated heterocycles. The molecule has 22 heavy (non-hydrogen) atoms. The number of carbonyl (C=O) groups is 1. The van der Waals surface area contributed by atoms with Crippen LogP contribution in [0, 0.1) is 11.8 Å². The van der Waals surface area contributed by atoms with Gasteiger partial charge in [0.1, 0.15) is 0 Å². The number of halogens is 4. The molecule has 1 aliphatic carbocycles. The first kappa shape index (κ1) is 19.5. The third-order valence-corrected chi connectivity index (χ3v) is 4.33. The normalized spacial score (nSPS) is 29.5. The van der Waals surface area contributed by atoms with E-state index in [-0.39, 0.29) is 43.1 Å². The van der Waals surface area contributed by atoms with Gasteiger partial charge in [0.15, 0.2) is 0 Å². The summed E-state index contributed by atoms with van der Waals surface area (Å²) in [5.74, 6) is -1.05. The lowest BCUT2D eigenvalue weighted by atomic mass is 9.81. The van der Waals surface area contributed by atoms with E-state index in [0.29, 0.717) is 39.0 Å². The van der Waals surface area contributed by atoms with Crippen LogP contribution in [0.2, 0.25) is 0 Å². The summed E-state index contributed by atoms with van der Waals surface area (Å²) >= 11 is 0. The Labute approximate surface area is 134 Å². The minimum Gasteiger partial charge on any atom is -0.378 e. The number of nitrogens with one attached hydrogen (secondary N) is 2. The number of amides is 1. The van der Waals surface area contributed by atoms with Crippen LogP contribution in [0.1, 0.15) is 32.1 Å². The maximum Gasteiger partial charge on any atom is 0.391 e. The average Bonchev–Trinajstić information content (AvgIpc) is 2.46. The molecule has 1 amide bonds. The fourth-order valence-corrected chi connectivity index (χ4v) is 3.00. The molecule has 2 fully saturated rings. The molecule has 0 spiro atoms. The second-order valence-electron chi connectivity index (χ2n) is 5.99. The van der Waals surface area contributed by atoms with Crippen LogP contribution in [-0.4, -0.2) is 44.4 Å². The first-order chi connectivity index (χ1) is 9.95. The molecule has 1 heterocycles. The van der Waals surface area contributed by atoms with Crippen molar-refractivity contribution >= 4 is 18.3 Å². The molecule has 0 aromatic carbocycles. The molecule has 4 nitrogen and oxygen atoms in total. The zero-order valence-electron chi connectivity index (χ0n) is 12.5. The molecule has 1 unspecified atom stereocenters. The van der Waals surface area contributed by atoms with Crippen LogP contribution in [0.25, 0.3) is 0 Å². The van der Waals surface area contributed by atoms with Crippen molar-refractivity contribution in [2.24, 2.45) is 11.8 Å². The van der Waals surface area contributed by atoms with Crippen LogP contribution in [0.5, 0.6) is 0 Å². The van der Waals surface area contributed by atoms with Crippen molar-refractivity contribution in [2.75, 3.05) is 26.3 Å². The Morgan fingerprint density at radius 2 is 1.91 bits per heavy atom. The van der Waals surface area contributed by atoms with Gasteiger partial charge in [-0.15, -0.1) is 12.4 Å². The van der Waals surface area contributed by atoms with E-state index >= 15 is 0 Å². The molecule has 0 aromatic heterocycles. The Balaban J connectivity index is 0.00000242. The summed E-state index contributed by atoms with van der Waals surface area (Å²) in [5.41, 5.74) is 0. The van der Waals surface area contributed by atoms with Gasteiger partial charge in [0.05, 0.1) is 19.1 Å². The lowest BCUT2D eigenvalue weighted by Gasteiger charge is -2.30. The van der Waals surface area contributed by atoms with E-state index in [1.165, 1.54) is 0 Å². The smallest absolute Gasteiger partial charge is 0.378 e. The Morgan fingerprint density at radius 1 is 1.23 bits per heavy atom. The molecule has 1 atom stereocenters. The minimum absolute atomic E-state index is 0. The van der Waals surface area contributed by atoms with Crippen molar-refractivity contribution in [3.63, 3.8) is 0 Å². The van der Waals surface area contributed by atoms with Crippen molar-refractivity contribution in [3.05, 3.63) is 0 Å². The van der Waals surface area contributed by atoms with Crippen molar-refractivity contribution in [3.8, 4) is 0 Å². The summed E-state index contributed by atoms with van der Waals surface area (Å²) in [6.07, 6.45) is -2.27. The van der Waals surface area contributed by atoms with Gasteiger partial charge in [0, 0.05) is 25.6 Å². The fourth-order valence-electron chi connectivity index (χ4n) is 3.00. The van der Waals surface area contributed by atoms with E-state index in [1.807, 2.05) is 0 Å². The zero-order valence-corrected chi connectivity index (χ0v) is 13.3. The fraction of sp³-hybridized carbons (Fsp3) is 0.929. The summed E-state index contributed by atoms with van der Waals surface area (Å²) in [4.78, 5) is 11.8. The van der Waals surface area contributed by atoms with Crippen LogP contribution in [0.3, 0.4) is 0 Å². The lowest BCUT2D eigenvalue weighted by Crippen LogP contribution is -2.44. The molecular weight excluding hydrogens is 321 g/mol. The van der Waals surface area contributed by atoms with E-state index in [9.17, 15) is 18.0 Å². The van der Waals surface area contributed by atoms with Crippen molar-refractivity contribution in [2.45, 2.75) is 44.3 Å². The van der Waals surface area contributed by atoms with Crippen molar-refractivity contribution in [1.29, 1.82) is 0 Å². The summed E-state index contributed by atoms with van der Waals surface area (Å²) in [6.45, 7) is 2.43. The summed E-state index contributed by atoms with van der Waals surface area (Å²) in [7, 11) is 0. The highest BCUT2D eigenvalue weighted by Gasteiger charge is 2.41. The van der Waals surface area contributed by atoms with Gasteiger partial charge in [0.25, 0.3) is 0 Å². The summed E-state index contributed by atoms with van der Waals surface area (Å²) in [5, 5.41) is 6.04. The number of carbonyl (C=O) groups excluding carboxylic acids is 1. The molecule has 0 bridgehead atoms. The van der Waals surface area contributed by atoms with Crippen molar-refractivity contribution < 1.29 is 22.7 Å². The second kappa shape index (κ2) is 8.93. The quantitative estimate of drug-likeness (QED) is 0.822. The molecule has 2 N–H and O–H groups in total. The predicted octanol–water partition coefficient (Wildman–Crippen LogP) is 2.27. The van der Waals surface area contributed by atoms with Gasteiger partial charge in [-0.05, 0) is 31.6 Å². The summed E-state index contributed by atoms with van der Waals surface area (Å²) < 4.78 is 42.9. The average molecular weight is 345 g/mol. The molecular formula is C14H24ClF3N2O2. The zero-order chi connectivity index (χ0) is 15.3. The third-order valence-electron chi connectivity index (χ3n) is 4.33. The van der Waals surface area contributed by atoms with Crippen LogP contribution < -0.4 is 10.6 Å². The van der Waals surface area contributed by atoms with Gasteiger partial charge in [-0.2, -0.15) is 13.2 Å². The molecule has 1 saturated carbocycles. The molecule has 2 rings (SSSR count). The van der Waals surface area contributed by atoms with E-state index in [4.69, 9.17) is 4.74 Å². The number of rotatable bonds is 4. The highest BCUT2D eigenvalue weighted by atomic mass is 35.5. The molecule has 130 valence electrons. The van der Waals surface area contributed by atoms with Crippen molar-refractivity contribution in [1.82, 2.24) is 10.6 Å². The Hall–Kier alpha value is -0.530. The van der Waals surface area contributed by atoms with E-state index < -0.39 is 12.1 Å². The molecule has 0 aromatic rings. The first-order valence-electron chi connectivity index (χ1n) is 7.59. The molecule has 0 radical (unpaired) electrons. The van der Waals surface area contributed by atoms with E-state index in [2.05, 4.69) is 10.6 Å². The maximum absolute atomic E-state index is 12.6. The van der Waals surface area contributed by atoms with Crippen LogP contribution in [0.4, 0.5) is 13.2 Å². The third kappa shape index (κ3) is 6.30. The van der Waals surface area contributed by atoms with Gasteiger partial charge < -0.3 is 15.4 Å². The van der Waals surface area contributed by atoms with E-state index in [1.54, 1.807) is 0 Å². The largest absolute Gasteiger partial charge is 0.391 e. The first-order valence-corrected chi connectivity index (χ1v) is 7.59. The second-order valence-corrected chi connectivity index (χ2v) is 5.99. The number of alkyl halides is 3. The molecule has 1 aliphatic heterocycles. The highest BCUT2D eigenvalue weighted by molar-refractivity contribution is 5.85. The summed E-state index contributed by atoms with van der Waals surface area (Å²) in [6, 6.07) is 0.0414. The topological polar surface area (TPSA) is 50.4 Å². The lowest BCUT2D eigenvalue weighted by molar-refractivity contribution is -0.183. The molecule has 2 aliphatic rings. The monoisotopic (exact) mass is 344 g/mol. The van der Waals surface area contributed by atoms with Crippen LogP contribution >= 0.6 is 12.4 Å². The standard InChI is InChI=1S/C14H23F3N2O2.ClH/c15-14(16,17)11-3-1-10(2-4-11)8-19-13(20)7-12-9-21-6-5-18-12;/h10-12,18H,1-9H2,(H,19,20);1H. The van der Waals surface area contributed by atoms with Gasteiger partial charge in [0.2, 0.25) is 5.91 Å². The van der Waals surface area contributed by atoms with Gasteiger partial charge >= 0.3 is 6.18 Å². The SMILES string of the molecule is Cl.O=C(CC1COCCN1)NCC1CCC(C(F)(F)F)CC1. The predicted molar refractivity (Wildman–Crippen MR) is 79.0 cm³/mol. The van der Waals surface area contributed by atoms with Crippen LogP contribution in [0.15, 0.2) is 0 Å². The number of hydrogen-bond donors (Lipinski definition) is 2.